The standard InChI is InChI=1S/C13H19NO.ClH/c1-10(2)15-13-8-4-3-6-11(13)12-7-5-9-14-12;/h3-4,6,8,10,12,14H,5,7,9H2,1-2H3;1H/t12-;/m1./s1. The molecule has 1 N–H and O–H groups in total. The first-order valence-electron chi connectivity index (χ1n) is 5.76. The molecule has 1 saturated heterocycles. The van der Waals surface area contributed by atoms with Crippen LogP contribution in [0.4, 0.5) is 0 Å². The third kappa shape index (κ3) is 3.13. The number of para-hydroxylation sites is 1. The lowest BCUT2D eigenvalue weighted by molar-refractivity contribution is 0.238. The molecule has 16 heavy (non-hydrogen) atoms. The number of ether oxygens (including phenoxy) is 1. The highest BCUT2D eigenvalue weighted by Gasteiger charge is 2.19. The Morgan fingerprint density at radius 2 is 2.06 bits per heavy atom. The Kier molecular flexibility index (Phi) is 5.10. The minimum absolute atomic E-state index is 0. The van der Waals surface area contributed by atoms with Crippen LogP contribution in [0.25, 0.3) is 0 Å². The number of nitrogens with one attached hydrogen (secondary N) is 1. The quantitative estimate of drug-likeness (QED) is 0.877. The normalized spacial score (nSPS) is 19.6. The van der Waals surface area contributed by atoms with Crippen molar-refractivity contribution in [2.75, 3.05) is 6.54 Å². The van der Waals surface area contributed by atoms with Crippen molar-refractivity contribution in [1.82, 2.24) is 5.32 Å². The maximum atomic E-state index is 5.82. The van der Waals surface area contributed by atoms with Crippen LogP contribution in [0.3, 0.4) is 0 Å². The maximum Gasteiger partial charge on any atom is 0.124 e. The van der Waals surface area contributed by atoms with Crippen LogP contribution in [-0.2, 0) is 0 Å². The fourth-order valence-electron chi connectivity index (χ4n) is 2.08. The molecule has 1 aliphatic rings. The molecule has 1 atom stereocenters. The van der Waals surface area contributed by atoms with E-state index in [0.29, 0.717) is 6.04 Å². The van der Waals surface area contributed by atoms with Crippen LogP contribution in [-0.4, -0.2) is 12.6 Å². The van der Waals surface area contributed by atoms with Gasteiger partial charge in [-0.05, 0) is 39.3 Å². The largest absolute Gasteiger partial charge is 0.491 e. The topological polar surface area (TPSA) is 21.3 Å². The van der Waals surface area contributed by atoms with Gasteiger partial charge in [0.2, 0.25) is 0 Å². The number of benzene rings is 1. The molecule has 0 saturated carbocycles. The van der Waals surface area contributed by atoms with Gasteiger partial charge >= 0.3 is 0 Å². The second kappa shape index (κ2) is 6.12. The van der Waals surface area contributed by atoms with Crippen molar-refractivity contribution in [3.8, 4) is 5.75 Å². The first-order chi connectivity index (χ1) is 7.27. The van der Waals surface area contributed by atoms with Crippen molar-refractivity contribution in [3.63, 3.8) is 0 Å². The Hall–Kier alpha value is -0.730. The fourth-order valence-corrected chi connectivity index (χ4v) is 2.08. The van der Waals surface area contributed by atoms with E-state index in [1.54, 1.807) is 0 Å². The molecule has 90 valence electrons. The number of hydrogen-bond donors (Lipinski definition) is 1. The van der Waals surface area contributed by atoms with Crippen LogP contribution in [0, 0.1) is 0 Å². The Bertz CT molecular complexity index is 321. The van der Waals surface area contributed by atoms with Gasteiger partial charge in [-0.1, -0.05) is 18.2 Å². The van der Waals surface area contributed by atoms with E-state index in [2.05, 4.69) is 37.4 Å². The molecule has 2 nitrogen and oxygen atoms in total. The lowest BCUT2D eigenvalue weighted by atomic mass is 10.0. The molecular weight excluding hydrogens is 222 g/mol. The lowest BCUT2D eigenvalue weighted by Crippen LogP contribution is -2.15. The predicted molar refractivity (Wildman–Crippen MR) is 69.4 cm³/mol. The summed E-state index contributed by atoms with van der Waals surface area (Å²) >= 11 is 0. The summed E-state index contributed by atoms with van der Waals surface area (Å²) in [5, 5.41) is 3.51. The third-order valence-corrected chi connectivity index (χ3v) is 2.72. The van der Waals surface area contributed by atoms with Gasteiger partial charge in [-0.2, -0.15) is 0 Å². The van der Waals surface area contributed by atoms with Crippen LogP contribution >= 0.6 is 12.4 Å². The monoisotopic (exact) mass is 241 g/mol. The molecule has 0 aliphatic carbocycles. The van der Waals surface area contributed by atoms with E-state index in [-0.39, 0.29) is 18.5 Å². The summed E-state index contributed by atoms with van der Waals surface area (Å²) in [7, 11) is 0. The van der Waals surface area contributed by atoms with E-state index in [1.165, 1.54) is 18.4 Å². The van der Waals surface area contributed by atoms with E-state index in [0.717, 1.165) is 12.3 Å². The van der Waals surface area contributed by atoms with E-state index in [1.807, 2.05) is 6.07 Å². The molecule has 0 aromatic heterocycles. The predicted octanol–water partition coefficient (Wildman–Crippen LogP) is 3.32. The van der Waals surface area contributed by atoms with E-state index in [4.69, 9.17) is 4.74 Å². The second-order valence-electron chi connectivity index (χ2n) is 4.35. The van der Waals surface area contributed by atoms with Gasteiger partial charge in [0, 0.05) is 11.6 Å². The first kappa shape index (κ1) is 13.3. The zero-order valence-electron chi connectivity index (χ0n) is 9.90. The van der Waals surface area contributed by atoms with Crippen LogP contribution < -0.4 is 10.1 Å². The molecule has 0 amide bonds. The summed E-state index contributed by atoms with van der Waals surface area (Å²) in [5.74, 6) is 1.03. The zero-order valence-corrected chi connectivity index (χ0v) is 10.7. The van der Waals surface area contributed by atoms with Gasteiger partial charge in [-0.15, -0.1) is 12.4 Å². The number of hydrogen-bond acceptors (Lipinski definition) is 2. The highest BCUT2D eigenvalue weighted by molar-refractivity contribution is 5.85. The van der Waals surface area contributed by atoms with Gasteiger partial charge in [0.1, 0.15) is 5.75 Å². The maximum absolute atomic E-state index is 5.82. The minimum atomic E-state index is 0. The first-order valence-corrected chi connectivity index (χ1v) is 5.76. The van der Waals surface area contributed by atoms with E-state index >= 15 is 0 Å². The molecule has 0 spiro atoms. The van der Waals surface area contributed by atoms with Gasteiger partial charge < -0.3 is 10.1 Å². The van der Waals surface area contributed by atoms with Gasteiger partial charge in [-0.3, -0.25) is 0 Å². The fraction of sp³-hybridized carbons (Fsp3) is 0.538. The van der Waals surface area contributed by atoms with Gasteiger partial charge in [0.15, 0.2) is 0 Å². The van der Waals surface area contributed by atoms with Crippen molar-refractivity contribution in [1.29, 1.82) is 0 Å². The highest BCUT2D eigenvalue weighted by Crippen LogP contribution is 2.31. The molecule has 1 aromatic carbocycles. The Labute approximate surface area is 104 Å². The molecule has 0 radical (unpaired) electrons. The van der Waals surface area contributed by atoms with Crippen LogP contribution in [0.15, 0.2) is 24.3 Å². The molecule has 2 rings (SSSR count). The molecule has 3 heteroatoms. The SMILES string of the molecule is CC(C)Oc1ccccc1[C@H]1CCCN1.Cl. The average Bonchev–Trinajstić information content (AvgIpc) is 2.70. The molecule has 1 aromatic rings. The number of halogens is 1. The highest BCUT2D eigenvalue weighted by atomic mass is 35.5. The van der Waals surface area contributed by atoms with Crippen LogP contribution in [0.2, 0.25) is 0 Å². The minimum Gasteiger partial charge on any atom is -0.491 e. The molecule has 0 unspecified atom stereocenters. The van der Waals surface area contributed by atoms with Crippen LogP contribution in [0.5, 0.6) is 5.75 Å². The average molecular weight is 242 g/mol. The third-order valence-electron chi connectivity index (χ3n) is 2.72. The Morgan fingerprint density at radius 3 is 2.69 bits per heavy atom. The van der Waals surface area contributed by atoms with Crippen molar-refractivity contribution in [2.24, 2.45) is 0 Å². The van der Waals surface area contributed by atoms with Crippen LogP contribution in [0.1, 0.15) is 38.3 Å². The molecule has 1 aliphatic heterocycles. The summed E-state index contributed by atoms with van der Waals surface area (Å²) in [6, 6.07) is 8.84. The second-order valence-corrected chi connectivity index (χ2v) is 4.35. The summed E-state index contributed by atoms with van der Waals surface area (Å²) in [6.07, 6.45) is 2.73. The van der Waals surface area contributed by atoms with Crippen molar-refractivity contribution in [2.45, 2.75) is 38.8 Å². The van der Waals surface area contributed by atoms with E-state index < -0.39 is 0 Å². The lowest BCUT2D eigenvalue weighted by Gasteiger charge is -2.18. The smallest absolute Gasteiger partial charge is 0.124 e. The summed E-state index contributed by atoms with van der Waals surface area (Å²) in [6.45, 7) is 5.26. The Balaban J connectivity index is 0.00000128. The van der Waals surface area contributed by atoms with Gasteiger partial charge in [0.05, 0.1) is 6.10 Å². The Morgan fingerprint density at radius 1 is 1.31 bits per heavy atom. The summed E-state index contributed by atoms with van der Waals surface area (Å²) in [5.41, 5.74) is 1.31. The van der Waals surface area contributed by atoms with Gasteiger partial charge in [-0.25, -0.2) is 0 Å². The van der Waals surface area contributed by atoms with Gasteiger partial charge in [0.25, 0.3) is 0 Å². The molecular formula is C13H20ClNO. The van der Waals surface area contributed by atoms with Crippen molar-refractivity contribution < 1.29 is 4.74 Å². The molecule has 1 fully saturated rings. The van der Waals surface area contributed by atoms with Crippen molar-refractivity contribution >= 4 is 12.4 Å². The summed E-state index contributed by atoms with van der Waals surface area (Å²) < 4.78 is 5.82. The van der Waals surface area contributed by atoms with E-state index in [9.17, 15) is 0 Å². The van der Waals surface area contributed by atoms with Crippen molar-refractivity contribution in [3.05, 3.63) is 29.8 Å². The summed E-state index contributed by atoms with van der Waals surface area (Å²) in [4.78, 5) is 0. The molecule has 0 bridgehead atoms. The molecule has 1 heterocycles. The number of rotatable bonds is 3. The zero-order chi connectivity index (χ0) is 10.7.